The average molecular weight is 1130 g/mol. The lowest BCUT2D eigenvalue weighted by molar-refractivity contribution is -0.144. The number of imidazole rings is 1. The van der Waals surface area contributed by atoms with Crippen LogP contribution in [0.2, 0.25) is 0 Å². The van der Waals surface area contributed by atoms with Crippen molar-refractivity contribution in [2.75, 3.05) is 67.5 Å². The average Bonchev–Trinajstić information content (AvgIpc) is 2.59. The van der Waals surface area contributed by atoms with Crippen molar-refractivity contribution in [3.8, 4) is 11.3 Å². The van der Waals surface area contributed by atoms with Gasteiger partial charge in [0.1, 0.15) is 17.2 Å². The fourth-order valence-electron chi connectivity index (χ4n) is 14.1. The largest absolute Gasteiger partial charge is 0.357 e. The van der Waals surface area contributed by atoms with Crippen molar-refractivity contribution < 1.29 is 33.2 Å². The Kier molecular flexibility index (Phi) is 16.7. The highest BCUT2D eigenvalue weighted by molar-refractivity contribution is 6.10. The van der Waals surface area contributed by atoms with Crippen LogP contribution in [0.25, 0.3) is 22.3 Å². The third-order valence-corrected chi connectivity index (χ3v) is 18.9. The number of piperidine rings is 4. The summed E-state index contributed by atoms with van der Waals surface area (Å²) in [6, 6.07) is 15.3. The van der Waals surface area contributed by atoms with E-state index in [1.807, 2.05) is 73.3 Å². The van der Waals surface area contributed by atoms with Gasteiger partial charge in [0.2, 0.25) is 30.0 Å². The van der Waals surface area contributed by atoms with Crippen LogP contribution in [-0.4, -0.2) is 141 Å². The van der Waals surface area contributed by atoms with E-state index in [2.05, 4.69) is 47.8 Å². The highest BCUT2D eigenvalue weighted by Crippen LogP contribution is 2.52. The van der Waals surface area contributed by atoms with E-state index < -0.39 is 17.2 Å². The molecule has 6 amide bonds. The molecule has 1 aliphatic carbocycles. The van der Waals surface area contributed by atoms with E-state index >= 15 is 9.18 Å². The Labute approximate surface area is 486 Å². The van der Waals surface area contributed by atoms with Gasteiger partial charge in [-0.1, -0.05) is 38.0 Å². The fourth-order valence-corrected chi connectivity index (χ4v) is 14.1. The topological polar surface area (TPSA) is 198 Å². The monoisotopic (exact) mass is 1130 g/mol. The summed E-state index contributed by atoms with van der Waals surface area (Å²) in [7, 11) is 0. The molecule has 3 N–H and O–H groups in total. The van der Waals surface area contributed by atoms with Crippen molar-refractivity contribution in [3.63, 3.8) is 0 Å². The van der Waals surface area contributed by atoms with Gasteiger partial charge in [0.15, 0.2) is 5.82 Å². The van der Waals surface area contributed by atoms with Crippen LogP contribution in [0.1, 0.15) is 157 Å². The second kappa shape index (κ2) is 24.1. The van der Waals surface area contributed by atoms with Gasteiger partial charge in [-0.05, 0) is 165 Å². The summed E-state index contributed by atoms with van der Waals surface area (Å²) in [5, 5.41) is 8.49. The Hall–Kier alpha value is -7.28. The van der Waals surface area contributed by atoms with Crippen LogP contribution in [0.5, 0.6) is 0 Å². The molecule has 1 atom stereocenters. The van der Waals surface area contributed by atoms with Crippen LogP contribution in [0.4, 0.5) is 27.4 Å². The Morgan fingerprint density at radius 2 is 1.49 bits per heavy atom. The molecule has 5 aromatic rings. The van der Waals surface area contributed by atoms with Crippen molar-refractivity contribution in [1.82, 2.24) is 44.9 Å². The van der Waals surface area contributed by atoms with Crippen LogP contribution in [-0.2, 0) is 29.4 Å². The number of nitrogens with one attached hydrogen (secondary N) is 3. The molecule has 5 aliphatic heterocycles. The molecule has 2 aromatic carbocycles. The Morgan fingerprint density at radius 3 is 2.13 bits per heavy atom. The van der Waals surface area contributed by atoms with Crippen molar-refractivity contribution in [3.05, 3.63) is 89.1 Å². The first-order valence-corrected chi connectivity index (χ1v) is 30.6. The van der Waals surface area contributed by atoms with E-state index in [-0.39, 0.29) is 65.2 Å². The number of amides is 6. The first-order valence-electron chi connectivity index (χ1n) is 30.6. The number of hydrogen-bond donors (Lipinski definition) is 3. The molecule has 18 nitrogen and oxygen atoms in total. The molecule has 3 aromatic heterocycles. The number of rotatable bonds is 16. The fraction of sp³-hybridized carbons (Fsp3) is 0.547. The lowest BCUT2D eigenvalue weighted by atomic mass is 9.73. The lowest BCUT2D eigenvalue weighted by Crippen LogP contribution is -2.58. The minimum Gasteiger partial charge on any atom is -0.357 e. The minimum absolute atomic E-state index is 0.0126. The number of fused-ring (bicyclic) bond motifs is 3. The SMILES string of the molecule is CCCC(C(=O)NC=O)c1ccc(N2CCC(C(=O)N3CCC(C(=O)N4CCC5(CC4)C(=O)N(C4CC(N6CCCCC6)C4)c4cc(-c6cc7ncn(C(C)C)c7c(Nc7cc(C(=O)NC(C)C)c(C)cc7F)n6)ccc45)CC3)CC2)nc1. The summed E-state index contributed by atoms with van der Waals surface area (Å²) in [5.41, 5.74) is 5.61. The first-order chi connectivity index (χ1) is 40.0. The number of aromatic nitrogens is 4. The molecule has 440 valence electrons. The molecule has 11 rings (SSSR count). The van der Waals surface area contributed by atoms with E-state index in [4.69, 9.17) is 9.97 Å². The summed E-state index contributed by atoms with van der Waals surface area (Å²) in [5.74, 6) is -0.320. The Bertz CT molecular complexity index is 3250. The smallest absolute Gasteiger partial charge is 0.251 e. The summed E-state index contributed by atoms with van der Waals surface area (Å²) in [4.78, 5) is 106. The quantitative estimate of drug-likeness (QED) is 0.0795. The molecular weight excluding hydrogens is 1050 g/mol. The predicted molar refractivity (Wildman–Crippen MR) is 318 cm³/mol. The zero-order chi connectivity index (χ0) is 58.3. The number of likely N-dealkylation sites (tertiary alicyclic amines) is 3. The van der Waals surface area contributed by atoms with Gasteiger partial charge in [0.25, 0.3) is 5.91 Å². The Balaban J connectivity index is 0.776. The molecule has 19 heteroatoms. The summed E-state index contributed by atoms with van der Waals surface area (Å²) < 4.78 is 17.9. The van der Waals surface area contributed by atoms with Gasteiger partial charge >= 0.3 is 0 Å². The first kappa shape index (κ1) is 57.5. The lowest BCUT2D eigenvalue weighted by Gasteiger charge is -2.48. The third kappa shape index (κ3) is 11.3. The van der Waals surface area contributed by atoms with E-state index in [0.29, 0.717) is 130 Å². The molecule has 5 fully saturated rings. The van der Waals surface area contributed by atoms with Crippen LogP contribution >= 0.6 is 0 Å². The van der Waals surface area contributed by atoms with Crippen molar-refractivity contribution in [1.29, 1.82) is 0 Å². The molecule has 6 aliphatic rings. The molecule has 83 heavy (non-hydrogen) atoms. The van der Waals surface area contributed by atoms with Crippen LogP contribution in [0, 0.1) is 24.6 Å². The standard InChI is InChI=1S/C64H81FN12O6/c1-7-11-48(59(79)68-38-78)45-13-15-56(66-36-45)73-24-16-42(17-25-73)61(81)74-26-18-43(19-27-74)62(82)75-28-20-64(21-29-75)50-14-12-44(31-55(50)77(63(64)83)47-32-46(33-47)72-22-9-8-10-23-72)52-35-54-57(76(37-67-54)40(4)5)58(70-52)71-53-34-49(41(6)30-51(53)65)60(80)69-39(2)3/h12-15,30-31,34-40,42-43,46-48H,7-11,16-29,32-33H2,1-6H3,(H,69,80)(H,70,71)(H,68,78,79). The molecule has 0 radical (unpaired) electrons. The number of aryl methyl sites for hydroxylation is 1. The number of hydrogen-bond acceptors (Lipinski definition) is 12. The maximum atomic E-state index is 16.0. The van der Waals surface area contributed by atoms with Crippen LogP contribution < -0.4 is 25.8 Å². The molecule has 1 unspecified atom stereocenters. The number of anilines is 4. The van der Waals surface area contributed by atoms with Gasteiger partial charge < -0.3 is 39.7 Å². The van der Waals surface area contributed by atoms with E-state index in [1.165, 1.54) is 25.3 Å². The van der Waals surface area contributed by atoms with Crippen molar-refractivity contribution in [2.45, 2.75) is 161 Å². The molecule has 0 bridgehead atoms. The summed E-state index contributed by atoms with van der Waals surface area (Å²) >= 11 is 0. The number of benzene rings is 2. The number of imide groups is 1. The Morgan fingerprint density at radius 1 is 0.807 bits per heavy atom. The molecular formula is C64H81FN12O6. The normalized spacial score (nSPS) is 20.9. The molecule has 8 heterocycles. The van der Waals surface area contributed by atoms with Gasteiger partial charge in [-0.15, -0.1) is 0 Å². The van der Waals surface area contributed by atoms with Crippen molar-refractivity contribution in [2.24, 2.45) is 11.8 Å². The highest BCUT2D eigenvalue weighted by atomic mass is 19.1. The number of carbonyl (C=O) groups is 6. The zero-order valence-electron chi connectivity index (χ0n) is 49.1. The second-order valence-electron chi connectivity index (χ2n) is 24.8. The minimum atomic E-state index is -0.790. The number of pyridine rings is 2. The van der Waals surface area contributed by atoms with Gasteiger partial charge in [-0.3, -0.25) is 34.1 Å². The highest BCUT2D eigenvalue weighted by Gasteiger charge is 2.56. The van der Waals surface area contributed by atoms with E-state index in [9.17, 15) is 24.0 Å². The van der Waals surface area contributed by atoms with Gasteiger partial charge in [0.05, 0.1) is 34.6 Å². The van der Waals surface area contributed by atoms with Crippen molar-refractivity contribution >= 4 is 70.0 Å². The predicted octanol–water partition coefficient (Wildman–Crippen LogP) is 8.94. The maximum absolute atomic E-state index is 16.0. The number of nitrogens with zero attached hydrogens (tertiary/aromatic N) is 9. The number of halogens is 1. The van der Waals surface area contributed by atoms with Gasteiger partial charge in [-0.25, -0.2) is 19.3 Å². The molecule has 4 saturated heterocycles. The van der Waals surface area contributed by atoms with E-state index in [1.54, 1.807) is 25.5 Å². The number of carbonyl (C=O) groups excluding carboxylic acids is 6. The van der Waals surface area contributed by atoms with Gasteiger partial charge in [0, 0.05) is 98.3 Å². The second-order valence-corrected chi connectivity index (χ2v) is 24.8. The van der Waals surface area contributed by atoms with Crippen LogP contribution in [0.15, 0.2) is 61.1 Å². The summed E-state index contributed by atoms with van der Waals surface area (Å²) in [6.07, 6.45) is 14.4. The molecule has 1 saturated carbocycles. The maximum Gasteiger partial charge on any atom is 0.251 e. The van der Waals surface area contributed by atoms with Gasteiger partial charge in [-0.2, -0.15) is 0 Å². The molecule has 1 spiro atoms. The summed E-state index contributed by atoms with van der Waals surface area (Å²) in [6.45, 7) is 17.1. The van der Waals surface area contributed by atoms with E-state index in [0.717, 1.165) is 60.5 Å². The van der Waals surface area contributed by atoms with Crippen LogP contribution in [0.3, 0.4) is 0 Å². The zero-order valence-corrected chi connectivity index (χ0v) is 49.1. The third-order valence-electron chi connectivity index (χ3n) is 18.9.